The Morgan fingerprint density at radius 3 is 2.63 bits per heavy atom. The molecule has 1 aromatic heterocycles. The van der Waals surface area contributed by atoms with Crippen molar-refractivity contribution in [3.63, 3.8) is 0 Å². The second kappa shape index (κ2) is 8.30. The molecule has 0 atom stereocenters. The van der Waals surface area contributed by atoms with Gasteiger partial charge in [0.2, 0.25) is 0 Å². The molecule has 1 amide bonds. The van der Waals surface area contributed by atoms with Crippen molar-refractivity contribution in [3.8, 4) is 10.6 Å². The number of hydrogen-bond donors (Lipinski definition) is 0. The first-order valence-electron chi connectivity index (χ1n) is 8.02. The van der Waals surface area contributed by atoms with Crippen LogP contribution in [0, 0.1) is 0 Å². The number of aromatic nitrogens is 1. The fraction of sp³-hybridized carbons (Fsp3) is 0.353. The number of benzene rings is 1. The topological polar surface area (TPSA) is 59.5 Å². The average molecular weight is 416 g/mol. The lowest BCUT2D eigenvalue weighted by molar-refractivity contribution is -0.145. The third-order valence-corrected chi connectivity index (χ3v) is 5.65. The summed E-state index contributed by atoms with van der Waals surface area (Å²) in [4.78, 5) is 29.1. The predicted molar refractivity (Wildman–Crippen MR) is 96.4 cm³/mol. The van der Waals surface area contributed by atoms with Gasteiger partial charge in [-0.15, -0.1) is 11.3 Å². The van der Waals surface area contributed by atoms with E-state index in [9.17, 15) is 22.8 Å². The van der Waals surface area contributed by atoms with Crippen LogP contribution in [0.2, 0.25) is 0 Å². The van der Waals surface area contributed by atoms with Crippen LogP contribution in [0.4, 0.5) is 18.0 Å². The molecule has 3 rings (SSSR count). The number of hydrogen-bond acceptors (Lipinski definition) is 6. The molecule has 0 unspecified atom stereocenters. The van der Waals surface area contributed by atoms with E-state index in [-0.39, 0.29) is 18.3 Å². The van der Waals surface area contributed by atoms with Crippen molar-refractivity contribution in [1.29, 1.82) is 0 Å². The van der Waals surface area contributed by atoms with Gasteiger partial charge in [-0.25, -0.2) is 4.98 Å². The van der Waals surface area contributed by atoms with E-state index in [1.54, 1.807) is 10.3 Å². The number of thioether (sulfide) groups is 1. The van der Waals surface area contributed by atoms with Crippen LogP contribution in [-0.2, 0) is 22.3 Å². The van der Waals surface area contributed by atoms with Crippen LogP contribution in [0.25, 0.3) is 10.6 Å². The minimum absolute atomic E-state index is 0.0152. The van der Waals surface area contributed by atoms with Gasteiger partial charge in [0.05, 0.1) is 17.7 Å². The van der Waals surface area contributed by atoms with Crippen LogP contribution >= 0.6 is 23.1 Å². The molecule has 144 valence electrons. The number of carbonyl (C=O) groups is 2. The summed E-state index contributed by atoms with van der Waals surface area (Å²) in [5.41, 5.74) is 0.374. The van der Waals surface area contributed by atoms with Crippen molar-refractivity contribution in [3.05, 3.63) is 40.9 Å². The van der Waals surface area contributed by atoms with Gasteiger partial charge in [-0.2, -0.15) is 13.2 Å². The van der Waals surface area contributed by atoms with Crippen LogP contribution in [0.15, 0.2) is 29.6 Å². The Bertz CT molecular complexity index is 822. The van der Waals surface area contributed by atoms with E-state index in [1.165, 1.54) is 35.2 Å². The Morgan fingerprint density at radius 1 is 1.26 bits per heavy atom. The first-order chi connectivity index (χ1) is 12.8. The molecule has 1 aliphatic heterocycles. The van der Waals surface area contributed by atoms with Gasteiger partial charge in [-0.05, 0) is 12.1 Å². The number of alkyl halides is 3. The standard InChI is InChI=1S/C17H15F3N2O3S2/c18-17(19,20)12-3-1-11(2-4-12)15-21-13(10-27-15)9-25-14(23)5-6-22-7-8-26-16(22)24/h1-4,10H,5-9H2. The highest BCUT2D eigenvalue weighted by Gasteiger charge is 2.30. The van der Waals surface area contributed by atoms with Gasteiger partial charge in [-0.1, -0.05) is 23.9 Å². The van der Waals surface area contributed by atoms with E-state index >= 15 is 0 Å². The van der Waals surface area contributed by atoms with E-state index in [0.717, 1.165) is 17.9 Å². The number of nitrogens with zero attached hydrogens (tertiary/aromatic N) is 2. The first-order valence-corrected chi connectivity index (χ1v) is 9.89. The SMILES string of the molecule is O=C(CCN1CCSC1=O)OCc1csc(-c2ccc(C(F)(F)F)cc2)n1. The molecule has 1 saturated heterocycles. The molecule has 0 bridgehead atoms. The van der Waals surface area contributed by atoms with Crippen LogP contribution in [0.5, 0.6) is 0 Å². The molecule has 0 N–H and O–H groups in total. The maximum absolute atomic E-state index is 12.6. The van der Waals surface area contributed by atoms with Crippen LogP contribution in [-0.4, -0.2) is 39.9 Å². The highest BCUT2D eigenvalue weighted by molar-refractivity contribution is 8.13. The fourth-order valence-electron chi connectivity index (χ4n) is 2.39. The van der Waals surface area contributed by atoms with Gasteiger partial charge in [0.1, 0.15) is 11.6 Å². The Labute approximate surface area is 161 Å². The molecule has 5 nitrogen and oxygen atoms in total. The summed E-state index contributed by atoms with van der Waals surface area (Å²) in [6.45, 7) is 0.955. The summed E-state index contributed by atoms with van der Waals surface area (Å²) >= 11 is 2.50. The summed E-state index contributed by atoms with van der Waals surface area (Å²) < 4.78 is 43.0. The van der Waals surface area contributed by atoms with Crippen LogP contribution in [0.1, 0.15) is 17.7 Å². The van der Waals surface area contributed by atoms with Crippen molar-refractivity contribution in [1.82, 2.24) is 9.88 Å². The monoisotopic (exact) mass is 416 g/mol. The minimum atomic E-state index is -4.38. The van der Waals surface area contributed by atoms with Crippen molar-refractivity contribution >= 4 is 34.3 Å². The number of ether oxygens (including phenoxy) is 1. The number of thiazole rings is 1. The fourth-order valence-corrected chi connectivity index (χ4v) is 4.05. The first kappa shape index (κ1) is 19.7. The zero-order chi connectivity index (χ0) is 19.4. The van der Waals surface area contributed by atoms with Crippen molar-refractivity contribution in [2.24, 2.45) is 0 Å². The minimum Gasteiger partial charge on any atom is -0.459 e. The molecule has 1 aliphatic rings. The number of halogens is 3. The molecular formula is C17H15F3N2O3S2. The Morgan fingerprint density at radius 2 is 2.00 bits per heavy atom. The third kappa shape index (κ3) is 5.23. The van der Waals surface area contributed by atoms with Gasteiger partial charge in [0.15, 0.2) is 0 Å². The number of carbonyl (C=O) groups excluding carboxylic acids is 2. The molecule has 1 aromatic carbocycles. The Hall–Kier alpha value is -2.07. The van der Waals surface area contributed by atoms with Gasteiger partial charge in [0, 0.05) is 29.8 Å². The number of esters is 1. The second-order valence-corrected chi connectivity index (χ2v) is 7.64. The lowest BCUT2D eigenvalue weighted by Gasteiger charge is -2.13. The van der Waals surface area contributed by atoms with E-state index in [2.05, 4.69) is 4.98 Å². The Balaban J connectivity index is 1.50. The van der Waals surface area contributed by atoms with Gasteiger partial charge in [0.25, 0.3) is 5.24 Å². The lowest BCUT2D eigenvalue weighted by atomic mass is 10.1. The molecule has 2 aromatic rings. The largest absolute Gasteiger partial charge is 0.459 e. The summed E-state index contributed by atoms with van der Waals surface area (Å²) in [6.07, 6.45) is -4.26. The quantitative estimate of drug-likeness (QED) is 0.652. The smallest absolute Gasteiger partial charge is 0.416 e. The molecular weight excluding hydrogens is 401 g/mol. The summed E-state index contributed by atoms with van der Waals surface area (Å²) in [7, 11) is 0. The van der Waals surface area contributed by atoms with Crippen molar-refractivity contribution in [2.45, 2.75) is 19.2 Å². The molecule has 0 saturated carbocycles. The van der Waals surface area contributed by atoms with E-state index in [0.29, 0.717) is 29.4 Å². The third-order valence-electron chi connectivity index (χ3n) is 3.82. The van der Waals surface area contributed by atoms with Gasteiger partial charge >= 0.3 is 12.1 Å². The summed E-state index contributed by atoms with van der Waals surface area (Å²) in [6, 6.07) is 4.74. The van der Waals surface area contributed by atoms with Gasteiger partial charge < -0.3 is 9.64 Å². The van der Waals surface area contributed by atoms with Crippen LogP contribution < -0.4 is 0 Å². The second-order valence-electron chi connectivity index (χ2n) is 5.73. The molecule has 2 heterocycles. The Kier molecular flexibility index (Phi) is 6.05. The molecule has 0 radical (unpaired) electrons. The summed E-state index contributed by atoms with van der Waals surface area (Å²) in [5.74, 6) is 0.308. The molecule has 1 fully saturated rings. The highest BCUT2D eigenvalue weighted by Crippen LogP contribution is 2.31. The molecule has 0 aliphatic carbocycles. The normalized spacial score (nSPS) is 14.6. The maximum Gasteiger partial charge on any atom is 0.416 e. The zero-order valence-electron chi connectivity index (χ0n) is 14.0. The number of rotatable bonds is 6. The van der Waals surface area contributed by atoms with E-state index < -0.39 is 17.7 Å². The average Bonchev–Trinajstić information content (AvgIpc) is 3.26. The van der Waals surface area contributed by atoms with Crippen molar-refractivity contribution in [2.75, 3.05) is 18.8 Å². The summed E-state index contributed by atoms with van der Waals surface area (Å²) in [5, 5.41) is 2.22. The molecule has 27 heavy (non-hydrogen) atoms. The lowest BCUT2D eigenvalue weighted by Crippen LogP contribution is -2.26. The van der Waals surface area contributed by atoms with E-state index in [4.69, 9.17) is 4.74 Å². The zero-order valence-corrected chi connectivity index (χ0v) is 15.6. The maximum atomic E-state index is 12.6. The number of amides is 1. The predicted octanol–water partition coefficient (Wildman–Crippen LogP) is 4.43. The highest BCUT2D eigenvalue weighted by atomic mass is 32.2. The molecule has 0 spiro atoms. The van der Waals surface area contributed by atoms with Crippen LogP contribution in [0.3, 0.4) is 0 Å². The molecule has 10 heteroatoms. The van der Waals surface area contributed by atoms with Gasteiger partial charge in [-0.3, -0.25) is 9.59 Å². The van der Waals surface area contributed by atoms with Crippen molar-refractivity contribution < 1.29 is 27.5 Å². The van der Waals surface area contributed by atoms with E-state index in [1.807, 2.05) is 0 Å².